The quantitative estimate of drug-likeness (QED) is 0.648. The average molecular weight is 335 g/mol. The van der Waals surface area contributed by atoms with Crippen molar-refractivity contribution in [1.29, 1.82) is 0 Å². The Morgan fingerprint density at radius 1 is 1.17 bits per heavy atom. The lowest BCUT2D eigenvalue weighted by molar-refractivity contribution is 0.0469. The second-order valence-electron chi connectivity index (χ2n) is 4.82. The third-order valence-electron chi connectivity index (χ3n) is 3.25. The van der Waals surface area contributed by atoms with Crippen molar-refractivity contribution in [2.24, 2.45) is 0 Å². The van der Waals surface area contributed by atoms with Gasteiger partial charge in [-0.15, -0.1) is 11.3 Å². The van der Waals surface area contributed by atoms with E-state index in [0.717, 1.165) is 0 Å². The summed E-state index contributed by atoms with van der Waals surface area (Å²) in [6, 6.07) is 3.42. The molecule has 7 heteroatoms. The summed E-state index contributed by atoms with van der Waals surface area (Å²) >= 11 is 1.29. The monoisotopic (exact) mass is 335 g/mol. The number of ether oxygens (including phenoxy) is 2. The fraction of sp³-hybridized carbons (Fsp3) is 0.312. The number of hydrogen-bond acceptors (Lipinski definition) is 6. The van der Waals surface area contributed by atoms with Crippen LogP contribution in [0.2, 0.25) is 0 Å². The number of Topliss-reactive ketones (excluding diaryl/α,β-unsaturated/α-hetero) is 1. The summed E-state index contributed by atoms with van der Waals surface area (Å²) in [6.45, 7) is 4.92. The zero-order chi connectivity index (χ0) is 17.0. The molecule has 0 aromatic carbocycles. The molecule has 0 aliphatic carbocycles. The molecule has 0 atom stereocenters. The Morgan fingerprint density at radius 2 is 1.91 bits per heavy atom. The fourth-order valence-corrected chi connectivity index (χ4v) is 2.83. The molecule has 2 rings (SSSR count). The van der Waals surface area contributed by atoms with Gasteiger partial charge in [-0.2, -0.15) is 0 Å². The van der Waals surface area contributed by atoms with Gasteiger partial charge in [-0.25, -0.2) is 9.59 Å². The number of thiophene rings is 1. The van der Waals surface area contributed by atoms with Gasteiger partial charge in [0.15, 0.2) is 6.61 Å². The summed E-state index contributed by atoms with van der Waals surface area (Å²) in [7, 11) is 0. The van der Waals surface area contributed by atoms with E-state index in [1.165, 1.54) is 11.3 Å². The second kappa shape index (κ2) is 7.23. The van der Waals surface area contributed by atoms with Crippen molar-refractivity contribution >= 4 is 29.1 Å². The van der Waals surface area contributed by atoms with Gasteiger partial charge in [0.1, 0.15) is 5.69 Å². The molecule has 2 aromatic heterocycles. The lowest BCUT2D eigenvalue weighted by atomic mass is 10.1. The number of carbonyl (C=O) groups is 3. The van der Waals surface area contributed by atoms with Crippen LogP contribution >= 0.6 is 11.3 Å². The van der Waals surface area contributed by atoms with E-state index in [1.54, 1.807) is 38.3 Å². The van der Waals surface area contributed by atoms with E-state index >= 15 is 0 Å². The number of H-pyrrole nitrogens is 1. The van der Waals surface area contributed by atoms with Crippen LogP contribution in [0.1, 0.15) is 48.7 Å². The first-order chi connectivity index (χ1) is 11.0. The van der Waals surface area contributed by atoms with E-state index in [0.29, 0.717) is 21.7 Å². The van der Waals surface area contributed by atoms with E-state index in [9.17, 15) is 14.4 Å². The van der Waals surface area contributed by atoms with Crippen molar-refractivity contribution in [1.82, 2.24) is 4.98 Å². The molecule has 2 aromatic rings. The summed E-state index contributed by atoms with van der Waals surface area (Å²) in [5, 5.41) is 1.78. The molecule has 0 unspecified atom stereocenters. The van der Waals surface area contributed by atoms with Crippen LogP contribution < -0.4 is 0 Å². The van der Waals surface area contributed by atoms with Crippen LogP contribution in [0.4, 0.5) is 0 Å². The van der Waals surface area contributed by atoms with Crippen LogP contribution in [0.25, 0.3) is 0 Å². The Labute approximate surface area is 137 Å². The van der Waals surface area contributed by atoms with Crippen LogP contribution in [0.5, 0.6) is 0 Å². The standard InChI is InChI=1S/C16H17NO5S/c1-4-21-15(19)13-9(2)14(17-10(13)3)16(20)22-8-11(18)12-6-5-7-23-12/h5-7,17H,4,8H2,1-3H3. The Balaban J connectivity index is 2.09. The van der Waals surface area contributed by atoms with Crippen molar-refractivity contribution < 1.29 is 23.9 Å². The highest BCUT2D eigenvalue weighted by molar-refractivity contribution is 7.12. The van der Waals surface area contributed by atoms with Gasteiger partial charge in [0.05, 0.1) is 17.0 Å². The molecule has 122 valence electrons. The smallest absolute Gasteiger partial charge is 0.355 e. The van der Waals surface area contributed by atoms with Gasteiger partial charge in [-0.3, -0.25) is 4.79 Å². The van der Waals surface area contributed by atoms with Gasteiger partial charge in [-0.05, 0) is 37.8 Å². The molecule has 23 heavy (non-hydrogen) atoms. The molecule has 0 saturated carbocycles. The van der Waals surface area contributed by atoms with Crippen molar-refractivity contribution in [3.05, 3.63) is 44.9 Å². The minimum absolute atomic E-state index is 0.157. The Hall–Kier alpha value is -2.41. The zero-order valence-electron chi connectivity index (χ0n) is 13.1. The van der Waals surface area contributed by atoms with Gasteiger partial charge >= 0.3 is 11.9 Å². The highest BCUT2D eigenvalue weighted by Gasteiger charge is 2.24. The lowest BCUT2D eigenvalue weighted by Crippen LogP contribution is -2.14. The molecule has 0 amide bonds. The second-order valence-corrected chi connectivity index (χ2v) is 5.77. The molecule has 1 N–H and O–H groups in total. The SMILES string of the molecule is CCOC(=O)c1c(C)[nH]c(C(=O)OCC(=O)c2cccs2)c1C. The molecular weight excluding hydrogens is 318 g/mol. The van der Waals surface area contributed by atoms with Crippen LogP contribution in [-0.2, 0) is 9.47 Å². The number of rotatable bonds is 6. The third-order valence-corrected chi connectivity index (χ3v) is 4.16. The maximum absolute atomic E-state index is 12.1. The fourth-order valence-electron chi connectivity index (χ4n) is 2.18. The van der Waals surface area contributed by atoms with E-state index in [2.05, 4.69) is 4.98 Å². The Kier molecular flexibility index (Phi) is 5.33. The normalized spacial score (nSPS) is 10.4. The molecule has 0 saturated heterocycles. The molecule has 2 heterocycles. The summed E-state index contributed by atoms with van der Waals surface area (Å²) in [5.74, 6) is -1.43. The highest BCUT2D eigenvalue weighted by atomic mass is 32.1. The Morgan fingerprint density at radius 3 is 2.52 bits per heavy atom. The topological polar surface area (TPSA) is 85.5 Å². The predicted molar refractivity (Wildman–Crippen MR) is 85.2 cm³/mol. The molecule has 0 aliphatic rings. The number of hydrogen-bond donors (Lipinski definition) is 1. The van der Waals surface area contributed by atoms with Crippen LogP contribution in [-0.4, -0.2) is 35.9 Å². The summed E-state index contributed by atoms with van der Waals surface area (Å²) in [5.41, 5.74) is 1.46. The van der Waals surface area contributed by atoms with Gasteiger partial charge in [0, 0.05) is 5.69 Å². The van der Waals surface area contributed by atoms with Gasteiger partial charge in [-0.1, -0.05) is 6.07 Å². The number of aryl methyl sites for hydroxylation is 1. The molecule has 0 radical (unpaired) electrons. The van der Waals surface area contributed by atoms with E-state index < -0.39 is 11.9 Å². The van der Waals surface area contributed by atoms with Gasteiger partial charge in [0.25, 0.3) is 0 Å². The number of ketones is 1. The minimum Gasteiger partial charge on any atom is -0.462 e. The summed E-state index contributed by atoms with van der Waals surface area (Å²) in [6.07, 6.45) is 0. The van der Waals surface area contributed by atoms with Gasteiger partial charge in [0.2, 0.25) is 5.78 Å². The molecule has 0 bridgehead atoms. The number of aromatic amines is 1. The lowest BCUT2D eigenvalue weighted by Gasteiger charge is -2.04. The Bertz CT molecular complexity index is 730. The highest BCUT2D eigenvalue weighted by Crippen LogP contribution is 2.20. The average Bonchev–Trinajstić information content (AvgIpc) is 3.13. The zero-order valence-corrected chi connectivity index (χ0v) is 13.9. The predicted octanol–water partition coefficient (Wildman–Crippen LogP) is 2.91. The third kappa shape index (κ3) is 3.68. The molecule has 6 nitrogen and oxygen atoms in total. The molecule has 0 aliphatic heterocycles. The first kappa shape index (κ1) is 17.0. The minimum atomic E-state index is -0.675. The van der Waals surface area contributed by atoms with E-state index in [1.807, 2.05) is 0 Å². The maximum Gasteiger partial charge on any atom is 0.355 e. The van der Waals surface area contributed by atoms with Crippen molar-refractivity contribution in [3.8, 4) is 0 Å². The van der Waals surface area contributed by atoms with Crippen LogP contribution in [0.15, 0.2) is 17.5 Å². The number of aromatic nitrogens is 1. The van der Waals surface area contributed by atoms with Crippen molar-refractivity contribution in [2.75, 3.05) is 13.2 Å². The van der Waals surface area contributed by atoms with E-state index in [4.69, 9.17) is 9.47 Å². The summed E-state index contributed by atoms with van der Waals surface area (Å²) in [4.78, 5) is 39.2. The van der Waals surface area contributed by atoms with E-state index in [-0.39, 0.29) is 24.7 Å². The number of nitrogens with one attached hydrogen (secondary N) is 1. The van der Waals surface area contributed by atoms with Crippen molar-refractivity contribution in [3.63, 3.8) is 0 Å². The van der Waals surface area contributed by atoms with Gasteiger partial charge < -0.3 is 14.5 Å². The molecule has 0 spiro atoms. The first-order valence-corrected chi connectivity index (χ1v) is 7.93. The van der Waals surface area contributed by atoms with Crippen molar-refractivity contribution in [2.45, 2.75) is 20.8 Å². The summed E-state index contributed by atoms with van der Waals surface area (Å²) < 4.78 is 10.0. The number of esters is 2. The van der Waals surface area contributed by atoms with Crippen LogP contribution in [0, 0.1) is 13.8 Å². The maximum atomic E-state index is 12.1. The number of carbonyl (C=O) groups excluding carboxylic acids is 3. The largest absolute Gasteiger partial charge is 0.462 e. The first-order valence-electron chi connectivity index (χ1n) is 7.05. The molecule has 0 fully saturated rings. The molecular formula is C16H17NO5S. The van der Waals surface area contributed by atoms with Crippen LogP contribution in [0.3, 0.4) is 0 Å².